The Hall–Kier alpha value is -3.95. The molecule has 1 fully saturated rings. The molecule has 9 heteroatoms. The summed E-state index contributed by atoms with van der Waals surface area (Å²) >= 11 is 0. The molecule has 0 heterocycles. The number of primary amides is 1. The van der Waals surface area contributed by atoms with E-state index in [9.17, 15) is 34.8 Å². The molecule has 3 atom stereocenters. The second-order valence-electron chi connectivity index (χ2n) is 10.6. The number of ketones is 2. The van der Waals surface area contributed by atoms with Gasteiger partial charge in [0.2, 0.25) is 5.78 Å². The van der Waals surface area contributed by atoms with Crippen LogP contribution in [0.2, 0.25) is 0 Å². The fourth-order valence-electron chi connectivity index (χ4n) is 6.02. The Morgan fingerprint density at radius 3 is 2.39 bits per heavy atom. The Morgan fingerprint density at radius 1 is 1.08 bits per heavy atom. The molecule has 3 aliphatic carbocycles. The molecule has 0 aliphatic heterocycles. The van der Waals surface area contributed by atoms with E-state index >= 15 is 0 Å². The predicted octanol–water partition coefficient (Wildman–Crippen LogP) is 2.59. The van der Waals surface area contributed by atoms with Crippen LogP contribution in [0.1, 0.15) is 43.4 Å². The molecule has 7 N–H and O–H groups in total. The van der Waals surface area contributed by atoms with Crippen LogP contribution in [0.5, 0.6) is 5.75 Å². The highest BCUT2D eigenvalue weighted by atomic mass is 16.3. The number of carbonyl (C=O) groups excluding carboxylic acids is 3. The van der Waals surface area contributed by atoms with E-state index in [-0.39, 0.29) is 36.1 Å². The second-order valence-corrected chi connectivity index (χ2v) is 10.6. The maximum atomic E-state index is 13.6. The second kappa shape index (κ2) is 9.11. The minimum Gasteiger partial charge on any atom is -0.508 e. The number of benzene rings is 2. The molecular formula is C29H30N2O7. The zero-order valence-corrected chi connectivity index (χ0v) is 21.1. The summed E-state index contributed by atoms with van der Waals surface area (Å²) in [7, 11) is 0. The first kappa shape index (κ1) is 25.7. The van der Waals surface area contributed by atoms with Crippen LogP contribution in [0.25, 0.3) is 16.9 Å². The molecule has 9 nitrogen and oxygen atoms in total. The van der Waals surface area contributed by atoms with Crippen LogP contribution in [0.4, 0.5) is 0 Å². The number of fused-ring (bicyclic) bond motifs is 3. The lowest BCUT2D eigenvalue weighted by atomic mass is 9.59. The Bertz CT molecular complexity index is 1440. The third kappa shape index (κ3) is 3.81. The van der Waals surface area contributed by atoms with Gasteiger partial charge in [-0.3, -0.25) is 14.4 Å². The Balaban J connectivity index is 1.60. The monoisotopic (exact) mass is 518 g/mol. The van der Waals surface area contributed by atoms with E-state index in [0.717, 1.165) is 16.7 Å². The van der Waals surface area contributed by atoms with E-state index in [0.29, 0.717) is 18.2 Å². The SMILES string of the molecule is CC(C)NCc1ccc(-c2ccc(O)c3c2CC2CC4CC(=O)C(C(N)=O)=C(O)C4(O)C(=O)C2=C3O)cc1. The first-order valence-corrected chi connectivity index (χ1v) is 12.6. The molecule has 0 radical (unpaired) electrons. The molecular weight excluding hydrogens is 488 g/mol. The highest BCUT2D eigenvalue weighted by molar-refractivity contribution is 6.22. The molecule has 3 aliphatic rings. The third-order valence-electron chi connectivity index (χ3n) is 7.93. The fraction of sp³-hybridized carbons (Fsp3) is 0.345. The van der Waals surface area contributed by atoms with Crippen molar-refractivity contribution in [2.24, 2.45) is 17.6 Å². The zero-order chi connectivity index (χ0) is 27.5. The molecule has 2 aromatic carbocycles. The van der Waals surface area contributed by atoms with E-state index < -0.39 is 52.0 Å². The number of nitrogens with two attached hydrogens (primary N) is 1. The van der Waals surface area contributed by atoms with Gasteiger partial charge in [-0.25, -0.2) is 0 Å². The Kier molecular flexibility index (Phi) is 6.16. The normalized spacial score (nSPS) is 24.8. The van der Waals surface area contributed by atoms with Gasteiger partial charge in [-0.05, 0) is 47.1 Å². The van der Waals surface area contributed by atoms with Crippen molar-refractivity contribution in [2.75, 3.05) is 0 Å². The molecule has 0 spiro atoms. The van der Waals surface area contributed by atoms with E-state index in [2.05, 4.69) is 19.2 Å². The number of hydrogen-bond donors (Lipinski definition) is 6. The van der Waals surface area contributed by atoms with Gasteiger partial charge in [0.05, 0.1) is 5.56 Å². The lowest BCUT2D eigenvalue weighted by Crippen LogP contribution is -2.58. The van der Waals surface area contributed by atoms with Crippen LogP contribution in [-0.4, -0.2) is 49.5 Å². The highest BCUT2D eigenvalue weighted by Gasteiger charge is 2.60. The number of rotatable bonds is 5. The van der Waals surface area contributed by atoms with Crippen molar-refractivity contribution in [3.63, 3.8) is 0 Å². The first-order valence-electron chi connectivity index (χ1n) is 12.6. The van der Waals surface area contributed by atoms with E-state index in [1.807, 2.05) is 24.3 Å². The quantitative estimate of drug-likeness (QED) is 0.328. The number of aliphatic hydroxyl groups excluding tert-OH is 2. The number of nitrogens with one attached hydrogen (secondary N) is 1. The van der Waals surface area contributed by atoms with Crippen molar-refractivity contribution >= 4 is 23.2 Å². The summed E-state index contributed by atoms with van der Waals surface area (Å²) in [5.74, 6) is -6.36. The summed E-state index contributed by atoms with van der Waals surface area (Å²) in [6, 6.07) is 11.4. The van der Waals surface area contributed by atoms with Gasteiger partial charge in [0.15, 0.2) is 11.4 Å². The summed E-state index contributed by atoms with van der Waals surface area (Å²) in [5.41, 5.74) is 5.18. The Labute approximate surface area is 219 Å². The number of phenolic OH excluding ortho intramolecular Hbond substituents is 1. The number of carbonyl (C=O) groups is 3. The lowest BCUT2D eigenvalue weighted by Gasteiger charge is -2.46. The minimum absolute atomic E-state index is 0.0835. The maximum absolute atomic E-state index is 13.6. The van der Waals surface area contributed by atoms with Gasteiger partial charge >= 0.3 is 0 Å². The van der Waals surface area contributed by atoms with Gasteiger partial charge in [-0.2, -0.15) is 0 Å². The molecule has 198 valence electrons. The van der Waals surface area contributed by atoms with Crippen molar-refractivity contribution < 1.29 is 34.8 Å². The highest BCUT2D eigenvalue weighted by Crippen LogP contribution is 2.53. The number of aliphatic hydroxyl groups is 3. The van der Waals surface area contributed by atoms with Crippen LogP contribution in [0, 0.1) is 11.8 Å². The van der Waals surface area contributed by atoms with E-state index in [4.69, 9.17) is 5.73 Å². The maximum Gasteiger partial charge on any atom is 0.255 e. The Morgan fingerprint density at radius 2 is 1.76 bits per heavy atom. The predicted molar refractivity (Wildman–Crippen MR) is 139 cm³/mol. The smallest absolute Gasteiger partial charge is 0.255 e. The molecule has 0 aromatic heterocycles. The summed E-state index contributed by atoms with van der Waals surface area (Å²) in [5, 5.41) is 47.4. The van der Waals surface area contributed by atoms with E-state index in [1.54, 1.807) is 6.07 Å². The van der Waals surface area contributed by atoms with Crippen molar-refractivity contribution in [3.05, 3.63) is 70.0 Å². The lowest BCUT2D eigenvalue weighted by molar-refractivity contribution is -0.147. The van der Waals surface area contributed by atoms with Gasteiger partial charge in [0.1, 0.15) is 22.8 Å². The molecule has 1 amide bonds. The van der Waals surface area contributed by atoms with Crippen LogP contribution < -0.4 is 11.1 Å². The van der Waals surface area contributed by atoms with Gasteiger partial charge in [0, 0.05) is 30.5 Å². The number of Topliss-reactive ketones (excluding diaryl/α,β-unsaturated/α-hetero) is 2. The van der Waals surface area contributed by atoms with Gasteiger partial charge in [-0.1, -0.05) is 44.2 Å². The van der Waals surface area contributed by atoms with Gasteiger partial charge in [-0.15, -0.1) is 0 Å². The number of hydrogen-bond acceptors (Lipinski definition) is 8. The van der Waals surface area contributed by atoms with Crippen molar-refractivity contribution in [3.8, 4) is 16.9 Å². The third-order valence-corrected chi connectivity index (χ3v) is 7.93. The molecule has 38 heavy (non-hydrogen) atoms. The minimum atomic E-state index is -2.57. The summed E-state index contributed by atoms with van der Waals surface area (Å²) in [6.07, 6.45) is 0.00729. The van der Waals surface area contributed by atoms with Crippen molar-refractivity contribution in [1.82, 2.24) is 5.32 Å². The molecule has 5 rings (SSSR count). The summed E-state index contributed by atoms with van der Waals surface area (Å²) < 4.78 is 0. The van der Waals surface area contributed by atoms with Crippen LogP contribution in [0.3, 0.4) is 0 Å². The summed E-state index contributed by atoms with van der Waals surface area (Å²) in [4.78, 5) is 37.9. The van der Waals surface area contributed by atoms with Gasteiger partial charge < -0.3 is 31.5 Å². The average molecular weight is 519 g/mol. The number of amides is 1. The van der Waals surface area contributed by atoms with Crippen LogP contribution >= 0.6 is 0 Å². The van der Waals surface area contributed by atoms with Crippen LogP contribution in [-0.2, 0) is 27.3 Å². The van der Waals surface area contributed by atoms with Crippen LogP contribution in [0.15, 0.2) is 53.3 Å². The number of aromatic hydroxyl groups is 1. The zero-order valence-electron chi connectivity index (χ0n) is 21.1. The first-order chi connectivity index (χ1) is 17.9. The van der Waals surface area contributed by atoms with Crippen molar-refractivity contribution in [1.29, 1.82) is 0 Å². The molecule has 0 bridgehead atoms. The number of phenols is 1. The molecule has 3 unspecified atom stereocenters. The standard InChI is InChI=1S/C29H30N2O7/c1-13(2)31-12-14-3-5-15(6-4-14)18-7-8-20(32)23-19(18)10-16-9-17-11-21(33)24(28(30)37)27(36)29(17,38)26(35)22(16)25(23)34/h3-8,13,16-17,31-32,34,36,38H,9-12H2,1-2H3,(H2,30,37). The molecule has 2 aromatic rings. The average Bonchev–Trinajstić information content (AvgIpc) is 2.85. The molecule has 1 saturated carbocycles. The summed E-state index contributed by atoms with van der Waals surface area (Å²) in [6.45, 7) is 4.85. The topological polar surface area (TPSA) is 170 Å². The largest absolute Gasteiger partial charge is 0.508 e. The van der Waals surface area contributed by atoms with Gasteiger partial charge in [0.25, 0.3) is 5.91 Å². The fourth-order valence-corrected chi connectivity index (χ4v) is 6.02. The van der Waals surface area contributed by atoms with Crippen molar-refractivity contribution in [2.45, 2.75) is 51.3 Å². The molecule has 0 saturated heterocycles. The van der Waals surface area contributed by atoms with E-state index in [1.165, 1.54) is 6.07 Å².